The maximum Gasteiger partial charge on any atom is 0.193 e. The molecule has 7 heteroatoms. The van der Waals surface area contributed by atoms with Crippen molar-refractivity contribution in [2.75, 3.05) is 26.7 Å². The number of nitrogens with zero attached hydrogens (tertiary/aromatic N) is 4. The Morgan fingerprint density at radius 2 is 2.07 bits per heavy atom. The number of guanidine groups is 1. The fourth-order valence-corrected chi connectivity index (χ4v) is 5.43. The van der Waals surface area contributed by atoms with Crippen LogP contribution in [-0.2, 0) is 13.1 Å². The molecule has 3 heterocycles. The SMILES string of the molecule is CN=C(NCc1cnc(C)s1)N1CCC2C(CCCN2Cc2ccccc2)C1.I. The lowest BCUT2D eigenvalue weighted by Gasteiger charge is -2.48. The number of halogens is 1. The molecule has 2 fully saturated rings. The fraction of sp³-hybridized carbons (Fsp3) is 0.545. The Morgan fingerprint density at radius 1 is 1.24 bits per heavy atom. The van der Waals surface area contributed by atoms with E-state index in [4.69, 9.17) is 0 Å². The molecule has 2 aromatic rings. The summed E-state index contributed by atoms with van der Waals surface area (Å²) in [6.45, 7) is 7.36. The molecular weight excluding hydrogens is 493 g/mol. The molecule has 4 rings (SSSR count). The molecule has 158 valence electrons. The number of rotatable bonds is 4. The van der Waals surface area contributed by atoms with Crippen LogP contribution in [0.2, 0.25) is 0 Å². The standard InChI is InChI=1S/C22H31N5S.HI/c1-17-24-13-20(28-17)14-25-22(23-2)27-12-10-21-19(16-27)9-6-11-26(21)15-18-7-4-3-5-8-18;/h3-5,7-8,13,19,21H,6,9-12,14-16H2,1-2H3,(H,23,25);1H. The quantitative estimate of drug-likeness (QED) is 0.371. The molecule has 0 aliphatic carbocycles. The van der Waals surface area contributed by atoms with Crippen molar-refractivity contribution in [3.05, 3.63) is 52.0 Å². The van der Waals surface area contributed by atoms with E-state index in [9.17, 15) is 0 Å². The highest BCUT2D eigenvalue weighted by atomic mass is 127. The first kappa shape index (κ1) is 22.5. The monoisotopic (exact) mass is 525 g/mol. The van der Waals surface area contributed by atoms with Gasteiger partial charge in [-0.05, 0) is 44.2 Å². The molecular formula is C22H32IN5S. The summed E-state index contributed by atoms with van der Waals surface area (Å²) in [5.74, 6) is 1.76. The summed E-state index contributed by atoms with van der Waals surface area (Å²) in [4.78, 5) is 15.4. The molecule has 0 saturated carbocycles. The van der Waals surface area contributed by atoms with E-state index in [0.717, 1.165) is 43.1 Å². The van der Waals surface area contributed by atoms with E-state index in [1.165, 1.54) is 36.2 Å². The third-order valence-electron chi connectivity index (χ3n) is 6.01. The summed E-state index contributed by atoms with van der Waals surface area (Å²) in [7, 11) is 1.90. The molecule has 1 aromatic carbocycles. The minimum Gasteiger partial charge on any atom is -0.351 e. The number of aryl methyl sites for hydroxylation is 1. The van der Waals surface area contributed by atoms with Gasteiger partial charge in [0.1, 0.15) is 0 Å². The van der Waals surface area contributed by atoms with Crippen LogP contribution in [0.15, 0.2) is 41.5 Å². The second-order valence-corrected chi connectivity index (χ2v) is 9.23. The van der Waals surface area contributed by atoms with Crippen molar-refractivity contribution in [2.24, 2.45) is 10.9 Å². The van der Waals surface area contributed by atoms with Gasteiger partial charge < -0.3 is 10.2 Å². The number of aromatic nitrogens is 1. The molecule has 0 amide bonds. The lowest BCUT2D eigenvalue weighted by atomic mass is 9.83. The van der Waals surface area contributed by atoms with Gasteiger partial charge in [-0.25, -0.2) is 4.98 Å². The van der Waals surface area contributed by atoms with Crippen LogP contribution in [0.5, 0.6) is 0 Å². The maximum absolute atomic E-state index is 4.56. The zero-order valence-electron chi connectivity index (χ0n) is 17.4. The van der Waals surface area contributed by atoms with E-state index in [0.29, 0.717) is 6.04 Å². The Hall–Kier alpha value is -1.19. The number of benzene rings is 1. The second-order valence-electron chi connectivity index (χ2n) is 7.91. The molecule has 2 aliphatic rings. The first-order valence-electron chi connectivity index (χ1n) is 10.4. The topological polar surface area (TPSA) is 43.8 Å². The van der Waals surface area contributed by atoms with Gasteiger partial charge in [0.15, 0.2) is 5.96 Å². The van der Waals surface area contributed by atoms with Gasteiger partial charge in [0.25, 0.3) is 0 Å². The summed E-state index contributed by atoms with van der Waals surface area (Å²) in [6, 6.07) is 11.6. The summed E-state index contributed by atoms with van der Waals surface area (Å²) in [6.07, 6.45) is 5.82. The van der Waals surface area contributed by atoms with Gasteiger partial charge in [-0.15, -0.1) is 35.3 Å². The average Bonchev–Trinajstić information content (AvgIpc) is 3.14. The number of hydrogen-bond acceptors (Lipinski definition) is 4. The van der Waals surface area contributed by atoms with Crippen molar-refractivity contribution < 1.29 is 0 Å². The van der Waals surface area contributed by atoms with Crippen LogP contribution in [0.4, 0.5) is 0 Å². The molecule has 0 spiro atoms. The fourth-order valence-electron chi connectivity index (χ4n) is 4.70. The molecule has 29 heavy (non-hydrogen) atoms. The highest BCUT2D eigenvalue weighted by molar-refractivity contribution is 14.0. The van der Waals surface area contributed by atoms with Crippen LogP contribution in [0, 0.1) is 12.8 Å². The molecule has 0 bridgehead atoms. The van der Waals surface area contributed by atoms with Crippen LogP contribution >= 0.6 is 35.3 Å². The van der Waals surface area contributed by atoms with E-state index in [1.54, 1.807) is 11.3 Å². The van der Waals surface area contributed by atoms with Gasteiger partial charge in [0.05, 0.1) is 11.6 Å². The van der Waals surface area contributed by atoms with E-state index in [2.05, 4.69) is 62.3 Å². The second kappa shape index (κ2) is 10.7. The Kier molecular flexibility index (Phi) is 8.32. The van der Waals surface area contributed by atoms with Crippen molar-refractivity contribution in [1.82, 2.24) is 20.1 Å². The zero-order chi connectivity index (χ0) is 19.3. The Morgan fingerprint density at radius 3 is 2.79 bits per heavy atom. The van der Waals surface area contributed by atoms with Crippen molar-refractivity contribution in [2.45, 2.75) is 45.3 Å². The molecule has 2 aliphatic heterocycles. The number of piperidine rings is 2. The third-order valence-corrected chi connectivity index (χ3v) is 6.93. The molecule has 2 saturated heterocycles. The average molecular weight is 526 g/mol. The van der Waals surface area contributed by atoms with Gasteiger partial charge in [-0.3, -0.25) is 9.89 Å². The molecule has 0 radical (unpaired) electrons. The van der Waals surface area contributed by atoms with Crippen LogP contribution in [0.1, 0.15) is 34.7 Å². The van der Waals surface area contributed by atoms with Gasteiger partial charge in [0.2, 0.25) is 0 Å². The minimum atomic E-state index is 0. The largest absolute Gasteiger partial charge is 0.351 e. The number of nitrogens with one attached hydrogen (secondary N) is 1. The smallest absolute Gasteiger partial charge is 0.193 e. The number of fused-ring (bicyclic) bond motifs is 1. The predicted molar refractivity (Wildman–Crippen MR) is 132 cm³/mol. The van der Waals surface area contributed by atoms with Crippen molar-refractivity contribution in [3.8, 4) is 0 Å². The van der Waals surface area contributed by atoms with Crippen LogP contribution in [0.25, 0.3) is 0 Å². The lowest BCUT2D eigenvalue weighted by molar-refractivity contribution is 0.0372. The number of hydrogen-bond donors (Lipinski definition) is 1. The van der Waals surface area contributed by atoms with Gasteiger partial charge >= 0.3 is 0 Å². The Labute approximate surface area is 195 Å². The molecule has 5 nitrogen and oxygen atoms in total. The van der Waals surface area contributed by atoms with E-state index in [1.807, 2.05) is 13.2 Å². The molecule has 1 N–H and O–H groups in total. The summed E-state index contributed by atoms with van der Waals surface area (Å²) < 4.78 is 0. The molecule has 1 aromatic heterocycles. The van der Waals surface area contributed by atoms with Crippen molar-refractivity contribution in [3.63, 3.8) is 0 Å². The lowest BCUT2D eigenvalue weighted by Crippen LogP contribution is -2.56. The summed E-state index contributed by atoms with van der Waals surface area (Å²) in [5.41, 5.74) is 1.43. The van der Waals surface area contributed by atoms with Crippen LogP contribution in [0.3, 0.4) is 0 Å². The van der Waals surface area contributed by atoms with E-state index < -0.39 is 0 Å². The number of likely N-dealkylation sites (tertiary alicyclic amines) is 2. The van der Waals surface area contributed by atoms with Crippen LogP contribution < -0.4 is 5.32 Å². The van der Waals surface area contributed by atoms with Gasteiger partial charge in [-0.1, -0.05) is 30.3 Å². The van der Waals surface area contributed by atoms with Crippen molar-refractivity contribution in [1.29, 1.82) is 0 Å². The summed E-state index contributed by atoms with van der Waals surface area (Å²) >= 11 is 1.75. The first-order chi connectivity index (χ1) is 13.7. The van der Waals surface area contributed by atoms with Crippen LogP contribution in [-0.4, -0.2) is 53.5 Å². The highest BCUT2D eigenvalue weighted by Gasteiger charge is 2.36. The molecule has 2 unspecified atom stereocenters. The molecule has 2 atom stereocenters. The Balaban J connectivity index is 0.00000240. The predicted octanol–water partition coefficient (Wildman–Crippen LogP) is 4.13. The van der Waals surface area contributed by atoms with E-state index >= 15 is 0 Å². The zero-order valence-corrected chi connectivity index (χ0v) is 20.5. The minimum absolute atomic E-state index is 0. The first-order valence-corrected chi connectivity index (χ1v) is 11.2. The number of thiazole rings is 1. The normalized spacial score (nSPS) is 22.7. The Bertz CT molecular complexity index is 794. The third kappa shape index (κ3) is 5.70. The maximum atomic E-state index is 4.56. The summed E-state index contributed by atoms with van der Waals surface area (Å²) in [5, 5.41) is 4.67. The van der Waals surface area contributed by atoms with Gasteiger partial charge in [0, 0.05) is 43.8 Å². The van der Waals surface area contributed by atoms with Gasteiger partial charge in [-0.2, -0.15) is 0 Å². The van der Waals surface area contributed by atoms with Crippen molar-refractivity contribution >= 4 is 41.3 Å². The van der Waals surface area contributed by atoms with E-state index in [-0.39, 0.29) is 24.0 Å². The highest BCUT2D eigenvalue weighted by Crippen LogP contribution is 2.31. The number of aliphatic imine (C=N–C) groups is 1.